The van der Waals surface area contributed by atoms with Gasteiger partial charge in [-0.25, -0.2) is 0 Å². The average Bonchev–Trinajstić information content (AvgIpc) is 2.92. The van der Waals surface area contributed by atoms with Gasteiger partial charge in [-0.1, -0.05) is 0 Å². The van der Waals surface area contributed by atoms with Crippen LogP contribution in [-0.4, -0.2) is 68.3 Å². The van der Waals surface area contributed by atoms with Gasteiger partial charge in [0, 0.05) is 44.7 Å². The van der Waals surface area contributed by atoms with Gasteiger partial charge in [0.25, 0.3) is 0 Å². The minimum atomic E-state index is -0.132. The number of aliphatic hydroxyl groups excluding tert-OH is 1. The van der Waals surface area contributed by atoms with Gasteiger partial charge < -0.3 is 14.9 Å². The number of rotatable bonds is 4. The van der Waals surface area contributed by atoms with E-state index in [2.05, 4.69) is 5.10 Å². The molecule has 4 atom stereocenters. The van der Waals surface area contributed by atoms with Crippen LogP contribution in [0, 0.1) is 25.7 Å². The van der Waals surface area contributed by atoms with Crippen LogP contribution in [0.4, 0.5) is 0 Å². The topological polar surface area (TPSA) is 78.7 Å². The number of likely N-dealkylation sites (tertiary alicyclic amines) is 1. The number of piperidine rings is 3. The lowest BCUT2D eigenvalue weighted by Crippen LogP contribution is -2.66. The fourth-order valence-corrected chi connectivity index (χ4v) is 5.78. The molecule has 0 unspecified atom stereocenters. The van der Waals surface area contributed by atoms with E-state index in [1.54, 1.807) is 0 Å². The van der Waals surface area contributed by atoms with E-state index in [0.29, 0.717) is 31.7 Å². The third-order valence-electron chi connectivity index (χ3n) is 7.28. The quantitative estimate of drug-likeness (QED) is 0.840. The molecular formula is C21H32N4O3. The molecule has 28 heavy (non-hydrogen) atoms. The summed E-state index contributed by atoms with van der Waals surface area (Å²) in [5.74, 6) is 0.904. The molecule has 3 fully saturated rings. The maximum absolute atomic E-state index is 13.0. The third-order valence-corrected chi connectivity index (χ3v) is 7.28. The van der Waals surface area contributed by atoms with Gasteiger partial charge in [0.2, 0.25) is 11.8 Å². The molecular weight excluding hydrogens is 356 g/mol. The first-order chi connectivity index (χ1) is 13.4. The zero-order valence-corrected chi connectivity index (χ0v) is 17.2. The lowest BCUT2D eigenvalue weighted by atomic mass is 9.72. The number of carbonyl (C=O) groups excluding carboxylic acids is 2. The minimum Gasteiger partial charge on any atom is -0.394 e. The van der Waals surface area contributed by atoms with Crippen molar-refractivity contribution in [1.82, 2.24) is 19.6 Å². The summed E-state index contributed by atoms with van der Waals surface area (Å²) >= 11 is 0. The highest BCUT2D eigenvalue weighted by atomic mass is 16.3. The molecule has 0 spiro atoms. The maximum Gasteiger partial charge on any atom is 0.223 e. The number of aromatic nitrogens is 2. The van der Waals surface area contributed by atoms with E-state index in [0.717, 1.165) is 37.2 Å². The molecule has 3 aliphatic heterocycles. The van der Waals surface area contributed by atoms with Gasteiger partial charge in [-0.2, -0.15) is 5.10 Å². The van der Waals surface area contributed by atoms with Crippen molar-refractivity contribution in [2.75, 3.05) is 19.7 Å². The highest BCUT2D eigenvalue weighted by Crippen LogP contribution is 2.41. The first-order valence-corrected chi connectivity index (χ1v) is 10.6. The molecule has 0 aromatic carbocycles. The Bertz CT molecular complexity index is 760. The molecule has 2 amide bonds. The Kier molecular flexibility index (Phi) is 5.21. The molecule has 154 valence electrons. The number of aliphatic hydroxyl groups is 1. The highest BCUT2D eigenvalue weighted by molar-refractivity contribution is 5.79. The van der Waals surface area contributed by atoms with Crippen LogP contribution in [0.2, 0.25) is 0 Å². The largest absolute Gasteiger partial charge is 0.394 e. The smallest absolute Gasteiger partial charge is 0.223 e. The Morgan fingerprint density at radius 2 is 2.00 bits per heavy atom. The van der Waals surface area contributed by atoms with Crippen LogP contribution < -0.4 is 0 Å². The Morgan fingerprint density at radius 1 is 1.25 bits per heavy atom. The lowest BCUT2D eigenvalue weighted by molar-refractivity contribution is -0.158. The SMILES string of the molecule is Cc1nn(C)c(C)c1CCC(=O)N1C[C@H]2C[C@@H](C1)[C@H](CO)N1C(=O)CCC[C@@H]21. The van der Waals surface area contributed by atoms with Crippen molar-refractivity contribution >= 4 is 11.8 Å². The number of fused-ring (bicyclic) bond motifs is 4. The molecule has 2 bridgehead atoms. The van der Waals surface area contributed by atoms with Crippen molar-refractivity contribution in [2.45, 2.75) is 64.5 Å². The van der Waals surface area contributed by atoms with E-state index in [4.69, 9.17) is 0 Å². The van der Waals surface area contributed by atoms with Crippen LogP contribution in [0.3, 0.4) is 0 Å². The van der Waals surface area contributed by atoms with Crippen molar-refractivity contribution in [3.8, 4) is 0 Å². The van der Waals surface area contributed by atoms with E-state index in [1.807, 2.05) is 35.4 Å². The summed E-state index contributed by atoms with van der Waals surface area (Å²) in [7, 11) is 1.94. The second-order valence-electron chi connectivity index (χ2n) is 8.84. The zero-order chi connectivity index (χ0) is 20.0. The fraction of sp³-hybridized carbons (Fsp3) is 0.762. The molecule has 4 heterocycles. The number of carbonyl (C=O) groups is 2. The van der Waals surface area contributed by atoms with Crippen LogP contribution in [0.15, 0.2) is 0 Å². The van der Waals surface area contributed by atoms with Gasteiger partial charge in [0.15, 0.2) is 0 Å². The third kappa shape index (κ3) is 3.23. The first kappa shape index (κ1) is 19.4. The average molecular weight is 389 g/mol. The van der Waals surface area contributed by atoms with Crippen LogP contribution in [-0.2, 0) is 23.1 Å². The highest BCUT2D eigenvalue weighted by Gasteiger charge is 2.49. The van der Waals surface area contributed by atoms with E-state index in [1.165, 1.54) is 5.56 Å². The summed E-state index contributed by atoms with van der Waals surface area (Å²) in [6, 6.07) is 0.0560. The van der Waals surface area contributed by atoms with E-state index < -0.39 is 0 Å². The summed E-state index contributed by atoms with van der Waals surface area (Å²) in [4.78, 5) is 29.5. The number of aryl methyl sites for hydroxylation is 2. The minimum absolute atomic E-state index is 0.00423. The van der Waals surface area contributed by atoms with Crippen molar-refractivity contribution < 1.29 is 14.7 Å². The predicted octanol–water partition coefficient (Wildman–Crippen LogP) is 1.19. The molecule has 0 aliphatic carbocycles. The van der Waals surface area contributed by atoms with Gasteiger partial charge in [-0.05, 0) is 56.9 Å². The molecule has 1 N–H and O–H groups in total. The molecule has 4 rings (SSSR count). The molecule has 7 heteroatoms. The summed E-state index contributed by atoms with van der Waals surface area (Å²) in [5, 5.41) is 14.4. The predicted molar refractivity (Wildman–Crippen MR) is 105 cm³/mol. The zero-order valence-electron chi connectivity index (χ0n) is 17.2. The normalized spacial score (nSPS) is 29.8. The molecule has 1 aromatic heterocycles. The molecule has 0 radical (unpaired) electrons. The molecule has 3 saturated heterocycles. The monoisotopic (exact) mass is 388 g/mol. The van der Waals surface area contributed by atoms with Crippen molar-refractivity contribution in [3.05, 3.63) is 17.0 Å². The molecule has 7 nitrogen and oxygen atoms in total. The molecule has 0 saturated carbocycles. The lowest BCUT2D eigenvalue weighted by Gasteiger charge is -2.56. The summed E-state index contributed by atoms with van der Waals surface area (Å²) in [6.07, 6.45) is 4.74. The van der Waals surface area contributed by atoms with E-state index in [9.17, 15) is 14.7 Å². The van der Waals surface area contributed by atoms with Gasteiger partial charge in [-0.3, -0.25) is 14.3 Å². The molecule has 3 aliphatic rings. The number of nitrogens with zero attached hydrogens (tertiary/aromatic N) is 4. The van der Waals surface area contributed by atoms with Crippen LogP contribution in [0.1, 0.15) is 49.1 Å². The van der Waals surface area contributed by atoms with Gasteiger partial charge in [-0.15, -0.1) is 0 Å². The van der Waals surface area contributed by atoms with Crippen LogP contribution >= 0.6 is 0 Å². The number of hydrogen-bond acceptors (Lipinski definition) is 4. The Balaban J connectivity index is 1.45. The van der Waals surface area contributed by atoms with Crippen LogP contribution in [0.25, 0.3) is 0 Å². The number of amides is 2. The summed E-state index contributed by atoms with van der Waals surface area (Å²) < 4.78 is 1.88. The van der Waals surface area contributed by atoms with Crippen molar-refractivity contribution in [2.24, 2.45) is 18.9 Å². The van der Waals surface area contributed by atoms with Crippen molar-refractivity contribution in [3.63, 3.8) is 0 Å². The standard InChI is InChI=1S/C21H32N4O3/c1-13-17(14(2)23(3)22-13)7-8-20(27)24-10-15-9-16(11-24)19(12-26)25-18(15)5-4-6-21(25)28/h15-16,18-19,26H,4-12H2,1-3H3/t15-,16+,18+,19+/m1/s1. The maximum atomic E-state index is 13.0. The van der Waals surface area contributed by atoms with Gasteiger partial charge in [0.05, 0.1) is 18.3 Å². The summed E-state index contributed by atoms with van der Waals surface area (Å²) in [5.41, 5.74) is 3.29. The second kappa shape index (κ2) is 7.50. The van der Waals surface area contributed by atoms with E-state index >= 15 is 0 Å². The van der Waals surface area contributed by atoms with Gasteiger partial charge >= 0.3 is 0 Å². The molecule has 1 aromatic rings. The Morgan fingerprint density at radius 3 is 2.68 bits per heavy atom. The Labute approximate surface area is 166 Å². The Hall–Kier alpha value is -1.89. The number of hydrogen-bond donors (Lipinski definition) is 1. The van der Waals surface area contributed by atoms with Crippen molar-refractivity contribution in [1.29, 1.82) is 0 Å². The fourth-order valence-electron chi connectivity index (χ4n) is 5.78. The summed E-state index contributed by atoms with van der Waals surface area (Å²) in [6.45, 7) is 5.44. The van der Waals surface area contributed by atoms with Gasteiger partial charge in [0.1, 0.15) is 0 Å². The first-order valence-electron chi connectivity index (χ1n) is 10.6. The second-order valence-corrected chi connectivity index (χ2v) is 8.84. The van der Waals surface area contributed by atoms with Crippen LogP contribution in [0.5, 0.6) is 0 Å². The van der Waals surface area contributed by atoms with E-state index in [-0.39, 0.29) is 36.4 Å².